The minimum Gasteiger partial charge on any atom is -1.00 e. The monoisotopic (exact) mass is 306 g/mol. The number of fused-ring (bicyclic) bond motifs is 2. The van der Waals surface area contributed by atoms with E-state index in [2.05, 4.69) is 72.8 Å². The van der Waals surface area contributed by atoms with Crippen molar-refractivity contribution in [2.45, 2.75) is 24.7 Å². The first-order valence-electron chi connectivity index (χ1n) is 7.46. The van der Waals surface area contributed by atoms with Crippen LogP contribution in [0.15, 0.2) is 60.7 Å². The largest absolute Gasteiger partial charge is 1.00 e. The Kier molecular flexibility index (Phi) is 6.76. The Morgan fingerprint density at radius 1 is 0.636 bits per heavy atom. The molecule has 0 nitrogen and oxygen atoms in total. The normalized spacial score (nSPS) is 20.0. The van der Waals surface area contributed by atoms with Crippen LogP contribution in [0.4, 0.5) is 0 Å². The topological polar surface area (TPSA) is 0 Å². The van der Waals surface area contributed by atoms with Crippen LogP contribution in [-0.4, -0.2) is 0 Å². The molecule has 0 amide bonds. The van der Waals surface area contributed by atoms with Crippen LogP contribution in [0, 0.1) is 0 Å². The van der Waals surface area contributed by atoms with Gasteiger partial charge in [-0.1, -0.05) is 72.8 Å². The smallest absolute Gasteiger partial charge is 1.00 e. The quantitative estimate of drug-likeness (QED) is 0.678. The van der Waals surface area contributed by atoms with Gasteiger partial charge in [-0.15, -0.1) is 0 Å². The fourth-order valence-corrected chi connectivity index (χ4v) is 3.51. The summed E-state index contributed by atoms with van der Waals surface area (Å²) in [7, 11) is 0. The van der Waals surface area contributed by atoms with Crippen molar-refractivity contribution in [3.05, 3.63) is 82.9 Å². The Hall–Kier alpha value is -0.0800. The van der Waals surface area contributed by atoms with Crippen LogP contribution < -0.4 is 59.1 Å². The standard InChI is InChI=1S/C20H18.2Na.2H/c1-3-7-19-15(5-1)9-11-17(19)13-14-18-12-10-16-6-2-4-8-20(16)18;;;;/h1-12,17-18H,13-14H2;;;;/q;2*+1;2*-1. The van der Waals surface area contributed by atoms with E-state index < -0.39 is 0 Å². The third-order valence-electron chi connectivity index (χ3n) is 4.60. The molecule has 0 radical (unpaired) electrons. The summed E-state index contributed by atoms with van der Waals surface area (Å²) in [5, 5.41) is 0. The third kappa shape index (κ3) is 3.53. The maximum absolute atomic E-state index is 2.37. The first kappa shape index (κ1) is 18.3. The summed E-state index contributed by atoms with van der Waals surface area (Å²) < 4.78 is 0. The van der Waals surface area contributed by atoms with Gasteiger partial charge in [-0.05, 0) is 35.1 Å². The predicted octanol–water partition coefficient (Wildman–Crippen LogP) is -0.379. The molecule has 2 aliphatic carbocycles. The summed E-state index contributed by atoms with van der Waals surface area (Å²) in [6, 6.07) is 17.6. The molecule has 2 aromatic carbocycles. The third-order valence-corrected chi connectivity index (χ3v) is 4.60. The van der Waals surface area contributed by atoms with E-state index in [1.165, 1.54) is 35.1 Å². The molecule has 0 aliphatic heterocycles. The minimum absolute atomic E-state index is 0. The van der Waals surface area contributed by atoms with Crippen molar-refractivity contribution in [3.63, 3.8) is 0 Å². The van der Waals surface area contributed by atoms with Crippen LogP contribution in [0.2, 0.25) is 0 Å². The van der Waals surface area contributed by atoms with E-state index in [0.29, 0.717) is 11.8 Å². The van der Waals surface area contributed by atoms with Crippen LogP contribution in [0.3, 0.4) is 0 Å². The second-order valence-corrected chi connectivity index (χ2v) is 5.77. The molecule has 0 fully saturated rings. The van der Waals surface area contributed by atoms with Gasteiger partial charge in [-0.3, -0.25) is 0 Å². The zero-order valence-corrected chi connectivity index (χ0v) is 17.5. The number of benzene rings is 2. The van der Waals surface area contributed by atoms with Crippen LogP contribution in [0.5, 0.6) is 0 Å². The number of hydrogen-bond acceptors (Lipinski definition) is 0. The van der Waals surface area contributed by atoms with Crippen LogP contribution >= 0.6 is 0 Å². The molecule has 2 aliphatic rings. The van der Waals surface area contributed by atoms with E-state index in [9.17, 15) is 0 Å². The van der Waals surface area contributed by atoms with Crippen LogP contribution in [0.25, 0.3) is 12.2 Å². The molecule has 2 heteroatoms. The fraction of sp³-hybridized carbons (Fsp3) is 0.200. The molecule has 0 spiro atoms. The van der Waals surface area contributed by atoms with Crippen molar-refractivity contribution in [2.75, 3.05) is 0 Å². The maximum Gasteiger partial charge on any atom is 1.00 e. The SMILES string of the molecule is C1=CC(CCC2C=Cc3ccccc32)c2ccccc21.[H-].[H-].[Na+].[Na+]. The van der Waals surface area contributed by atoms with Crippen molar-refractivity contribution in [3.8, 4) is 0 Å². The van der Waals surface area contributed by atoms with E-state index in [4.69, 9.17) is 0 Å². The van der Waals surface area contributed by atoms with E-state index in [1.807, 2.05) is 0 Å². The molecular formula is C20H20Na2. The molecule has 0 heterocycles. The number of allylic oxidation sites excluding steroid dienone is 2. The number of rotatable bonds is 3. The van der Waals surface area contributed by atoms with E-state index in [1.54, 1.807) is 0 Å². The molecule has 2 aromatic rings. The van der Waals surface area contributed by atoms with Crippen molar-refractivity contribution in [2.24, 2.45) is 0 Å². The van der Waals surface area contributed by atoms with Crippen LogP contribution in [-0.2, 0) is 0 Å². The van der Waals surface area contributed by atoms with Crippen molar-refractivity contribution < 1.29 is 62.0 Å². The summed E-state index contributed by atoms with van der Waals surface area (Å²) in [4.78, 5) is 0. The molecular weight excluding hydrogens is 286 g/mol. The van der Waals surface area contributed by atoms with Gasteiger partial charge in [0.25, 0.3) is 0 Å². The van der Waals surface area contributed by atoms with Gasteiger partial charge in [0.15, 0.2) is 0 Å². The zero-order valence-electron chi connectivity index (χ0n) is 15.5. The Morgan fingerprint density at radius 3 is 1.50 bits per heavy atom. The minimum atomic E-state index is 0. The molecule has 0 saturated carbocycles. The van der Waals surface area contributed by atoms with Gasteiger partial charge in [0.1, 0.15) is 0 Å². The maximum atomic E-state index is 2.37. The Morgan fingerprint density at radius 2 is 1.05 bits per heavy atom. The first-order chi connectivity index (χ1) is 9.92. The van der Waals surface area contributed by atoms with Gasteiger partial charge in [-0.25, -0.2) is 0 Å². The van der Waals surface area contributed by atoms with Gasteiger partial charge in [0.05, 0.1) is 0 Å². The predicted molar refractivity (Wildman–Crippen MR) is 87.9 cm³/mol. The zero-order chi connectivity index (χ0) is 13.4. The van der Waals surface area contributed by atoms with Crippen molar-refractivity contribution in [1.82, 2.24) is 0 Å². The summed E-state index contributed by atoms with van der Waals surface area (Å²) in [5.41, 5.74) is 5.81. The molecule has 0 bridgehead atoms. The molecule has 0 N–H and O–H groups in total. The van der Waals surface area contributed by atoms with Gasteiger partial charge >= 0.3 is 59.1 Å². The molecule has 102 valence electrons. The number of hydrogen-bond donors (Lipinski definition) is 0. The van der Waals surface area contributed by atoms with E-state index in [0.717, 1.165) is 0 Å². The van der Waals surface area contributed by atoms with Gasteiger partial charge < -0.3 is 2.85 Å². The molecule has 0 aromatic heterocycles. The average Bonchev–Trinajstić information content (AvgIpc) is 3.09. The molecule has 2 unspecified atom stereocenters. The molecule has 22 heavy (non-hydrogen) atoms. The average molecular weight is 306 g/mol. The van der Waals surface area contributed by atoms with Crippen molar-refractivity contribution in [1.29, 1.82) is 0 Å². The Balaban J connectivity index is 0.00000132. The summed E-state index contributed by atoms with van der Waals surface area (Å²) in [6.45, 7) is 0. The van der Waals surface area contributed by atoms with Gasteiger partial charge in [-0.2, -0.15) is 0 Å². The summed E-state index contributed by atoms with van der Waals surface area (Å²) in [6.07, 6.45) is 11.8. The molecule has 4 rings (SSSR count). The van der Waals surface area contributed by atoms with E-state index in [-0.39, 0.29) is 62.0 Å². The fourth-order valence-electron chi connectivity index (χ4n) is 3.51. The summed E-state index contributed by atoms with van der Waals surface area (Å²) >= 11 is 0. The van der Waals surface area contributed by atoms with Crippen LogP contribution in [0.1, 0.15) is 49.8 Å². The first-order valence-corrected chi connectivity index (χ1v) is 7.46. The second-order valence-electron chi connectivity index (χ2n) is 5.77. The molecule has 0 saturated heterocycles. The van der Waals surface area contributed by atoms with Crippen molar-refractivity contribution >= 4 is 12.2 Å². The molecule has 2 atom stereocenters. The summed E-state index contributed by atoms with van der Waals surface area (Å²) in [5.74, 6) is 1.21. The second kappa shape index (κ2) is 8.15. The Bertz CT molecular complexity index is 649. The van der Waals surface area contributed by atoms with Gasteiger partial charge in [0.2, 0.25) is 0 Å². The van der Waals surface area contributed by atoms with E-state index >= 15 is 0 Å². The Labute approximate surface area is 180 Å². The van der Waals surface area contributed by atoms with Gasteiger partial charge in [0, 0.05) is 11.8 Å².